The van der Waals surface area contributed by atoms with Gasteiger partial charge in [-0.1, -0.05) is 39.3 Å². The Bertz CT molecular complexity index is 599. The fourth-order valence-corrected chi connectivity index (χ4v) is 3.04. The fraction of sp³-hybridized carbons (Fsp3) is 0.571. The molecule has 7 heteroatoms. The van der Waals surface area contributed by atoms with E-state index in [9.17, 15) is 14.9 Å². The number of carbonyl (C=O) groups is 1. The summed E-state index contributed by atoms with van der Waals surface area (Å²) in [5, 5.41) is 13.8. The highest BCUT2D eigenvalue weighted by Crippen LogP contribution is 2.67. The molecule has 1 aliphatic carbocycles. The van der Waals surface area contributed by atoms with E-state index in [0.29, 0.717) is 12.5 Å². The van der Waals surface area contributed by atoms with E-state index in [1.165, 1.54) is 6.07 Å². The summed E-state index contributed by atoms with van der Waals surface area (Å²) in [6.07, 6.45) is 1.00. The maximum Gasteiger partial charge on any atom is 0.300 e. The number of nitrogens with zero attached hydrogens (tertiary/aromatic N) is 2. The monoisotopic (exact) mass is 311 g/mol. The van der Waals surface area contributed by atoms with Gasteiger partial charge in [0.15, 0.2) is 0 Å². The van der Waals surface area contributed by atoms with Gasteiger partial charge in [-0.15, -0.1) is 0 Å². The van der Waals surface area contributed by atoms with Gasteiger partial charge in [0.2, 0.25) is 0 Å². The lowest BCUT2D eigenvalue weighted by Gasteiger charge is -2.07. The summed E-state index contributed by atoms with van der Waals surface area (Å²) in [6.45, 7) is 9.08. The van der Waals surface area contributed by atoms with E-state index in [-0.39, 0.29) is 27.2 Å². The number of carbonyl (C=O) groups excluding carboxylic acids is 1. The molecule has 1 aliphatic rings. The standard InChI is InChI=1S/C14H18ClN3O3/c1-13(2)10(14(13,3)4)7-17-12(19)8-5-11(15)16-6-9(8)18(20)21/h5-6,10H,7H2,1-4H3,(H,17,19). The molecular weight excluding hydrogens is 294 g/mol. The molecule has 1 heterocycles. The summed E-state index contributed by atoms with van der Waals surface area (Å²) >= 11 is 5.72. The summed E-state index contributed by atoms with van der Waals surface area (Å²) in [5.41, 5.74) is -0.119. The molecule has 0 spiro atoms. The zero-order valence-electron chi connectivity index (χ0n) is 12.4. The number of hydrogen-bond acceptors (Lipinski definition) is 4. The van der Waals surface area contributed by atoms with Crippen molar-refractivity contribution in [2.24, 2.45) is 16.7 Å². The van der Waals surface area contributed by atoms with Crippen molar-refractivity contribution >= 4 is 23.2 Å². The number of nitro groups is 1. The maximum absolute atomic E-state index is 12.2. The second-order valence-corrected chi connectivity index (χ2v) is 6.87. The average molecular weight is 312 g/mol. The Kier molecular flexibility index (Phi) is 3.70. The van der Waals surface area contributed by atoms with E-state index in [1.54, 1.807) is 0 Å². The third-order valence-electron chi connectivity index (χ3n) is 5.08. The van der Waals surface area contributed by atoms with Crippen molar-refractivity contribution in [2.45, 2.75) is 27.7 Å². The van der Waals surface area contributed by atoms with Crippen LogP contribution in [0.15, 0.2) is 12.3 Å². The molecule has 0 radical (unpaired) electrons. The van der Waals surface area contributed by atoms with Gasteiger partial charge in [0.05, 0.1) is 4.92 Å². The van der Waals surface area contributed by atoms with Gasteiger partial charge in [0.1, 0.15) is 16.9 Å². The number of nitrogens with one attached hydrogen (secondary N) is 1. The summed E-state index contributed by atoms with van der Waals surface area (Å²) < 4.78 is 0. The van der Waals surface area contributed by atoms with Crippen LogP contribution in [0.3, 0.4) is 0 Å². The van der Waals surface area contributed by atoms with Crippen LogP contribution < -0.4 is 5.32 Å². The van der Waals surface area contributed by atoms with Crippen LogP contribution in [-0.2, 0) is 0 Å². The second kappa shape index (κ2) is 4.94. The quantitative estimate of drug-likeness (QED) is 0.526. The first-order valence-electron chi connectivity index (χ1n) is 6.67. The Morgan fingerprint density at radius 1 is 1.43 bits per heavy atom. The Balaban J connectivity index is 2.12. The minimum Gasteiger partial charge on any atom is -0.351 e. The van der Waals surface area contributed by atoms with Crippen LogP contribution in [0.2, 0.25) is 5.15 Å². The molecule has 1 aromatic rings. The van der Waals surface area contributed by atoms with Crippen molar-refractivity contribution in [1.82, 2.24) is 10.3 Å². The molecule has 1 fully saturated rings. The van der Waals surface area contributed by atoms with Gasteiger partial charge >= 0.3 is 0 Å². The van der Waals surface area contributed by atoms with Crippen molar-refractivity contribution < 1.29 is 9.72 Å². The largest absolute Gasteiger partial charge is 0.351 e. The van der Waals surface area contributed by atoms with E-state index in [0.717, 1.165) is 6.20 Å². The van der Waals surface area contributed by atoms with E-state index in [2.05, 4.69) is 38.0 Å². The Labute approximate surface area is 128 Å². The minimum atomic E-state index is -0.636. The van der Waals surface area contributed by atoms with Crippen LogP contribution in [0, 0.1) is 26.9 Å². The molecule has 0 aromatic carbocycles. The SMILES string of the molecule is CC1(C)C(CNC(=O)c2cc(Cl)ncc2[N+](=O)[O-])C1(C)C. The van der Waals surface area contributed by atoms with Crippen molar-refractivity contribution in [2.75, 3.05) is 6.54 Å². The molecule has 114 valence electrons. The molecule has 0 saturated heterocycles. The number of halogens is 1. The normalized spacial score (nSPS) is 19.1. The van der Waals surface area contributed by atoms with Gasteiger partial charge in [-0.2, -0.15) is 0 Å². The first-order chi connectivity index (χ1) is 9.59. The predicted molar refractivity (Wildman–Crippen MR) is 79.3 cm³/mol. The highest BCUT2D eigenvalue weighted by atomic mass is 35.5. The molecule has 21 heavy (non-hydrogen) atoms. The van der Waals surface area contributed by atoms with Crippen molar-refractivity contribution in [3.05, 3.63) is 33.1 Å². The highest BCUT2D eigenvalue weighted by molar-refractivity contribution is 6.29. The molecule has 2 rings (SSSR count). The van der Waals surface area contributed by atoms with Gasteiger partial charge in [-0.25, -0.2) is 4.98 Å². The number of amides is 1. The van der Waals surface area contributed by atoms with Crippen LogP contribution in [0.1, 0.15) is 38.1 Å². The summed E-state index contributed by atoms with van der Waals surface area (Å²) in [7, 11) is 0. The molecule has 1 N–H and O–H groups in total. The van der Waals surface area contributed by atoms with E-state index < -0.39 is 10.8 Å². The molecular formula is C14H18ClN3O3. The molecule has 1 amide bonds. The lowest BCUT2D eigenvalue weighted by Crippen LogP contribution is -2.27. The number of pyridine rings is 1. The van der Waals surface area contributed by atoms with Crippen LogP contribution >= 0.6 is 11.6 Å². The Morgan fingerprint density at radius 2 is 2.00 bits per heavy atom. The maximum atomic E-state index is 12.2. The fourth-order valence-electron chi connectivity index (χ4n) is 2.88. The molecule has 0 aliphatic heterocycles. The zero-order valence-corrected chi connectivity index (χ0v) is 13.2. The lowest BCUT2D eigenvalue weighted by atomic mass is 10.0. The first-order valence-corrected chi connectivity index (χ1v) is 7.05. The molecule has 0 atom stereocenters. The zero-order chi connectivity index (χ0) is 16.0. The second-order valence-electron chi connectivity index (χ2n) is 6.49. The van der Waals surface area contributed by atoms with Crippen LogP contribution in [0.5, 0.6) is 0 Å². The smallest absolute Gasteiger partial charge is 0.300 e. The van der Waals surface area contributed by atoms with Gasteiger partial charge in [0.25, 0.3) is 11.6 Å². The third-order valence-corrected chi connectivity index (χ3v) is 5.28. The van der Waals surface area contributed by atoms with Crippen molar-refractivity contribution in [3.63, 3.8) is 0 Å². The summed E-state index contributed by atoms with van der Waals surface area (Å²) in [5.74, 6) is -0.158. The van der Waals surface area contributed by atoms with E-state index in [1.807, 2.05) is 0 Å². The van der Waals surface area contributed by atoms with E-state index in [4.69, 9.17) is 11.6 Å². The summed E-state index contributed by atoms with van der Waals surface area (Å²) in [4.78, 5) is 26.1. The molecule has 1 saturated carbocycles. The van der Waals surface area contributed by atoms with Gasteiger partial charge in [0, 0.05) is 6.54 Å². The van der Waals surface area contributed by atoms with Crippen molar-refractivity contribution in [1.29, 1.82) is 0 Å². The van der Waals surface area contributed by atoms with Gasteiger partial charge in [-0.3, -0.25) is 14.9 Å². The topological polar surface area (TPSA) is 85.1 Å². The summed E-state index contributed by atoms with van der Waals surface area (Å²) in [6, 6.07) is 1.22. The van der Waals surface area contributed by atoms with Crippen LogP contribution in [0.4, 0.5) is 5.69 Å². The predicted octanol–water partition coefficient (Wildman–Crippen LogP) is 3.06. The Morgan fingerprint density at radius 3 is 2.48 bits per heavy atom. The third kappa shape index (κ3) is 2.60. The molecule has 0 bridgehead atoms. The van der Waals surface area contributed by atoms with Crippen molar-refractivity contribution in [3.8, 4) is 0 Å². The molecule has 0 unspecified atom stereocenters. The molecule has 6 nitrogen and oxygen atoms in total. The highest BCUT2D eigenvalue weighted by Gasteiger charge is 2.64. The molecule has 1 aromatic heterocycles. The van der Waals surface area contributed by atoms with Gasteiger partial charge < -0.3 is 5.32 Å². The number of rotatable bonds is 4. The average Bonchev–Trinajstić information content (AvgIpc) is 2.76. The Hall–Kier alpha value is -1.69. The minimum absolute atomic E-state index is 0.0535. The van der Waals surface area contributed by atoms with Crippen LogP contribution in [0.25, 0.3) is 0 Å². The lowest BCUT2D eigenvalue weighted by molar-refractivity contribution is -0.385. The van der Waals surface area contributed by atoms with Crippen LogP contribution in [-0.4, -0.2) is 22.4 Å². The number of aromatic nitrogens is 1. The van der Waals surface area contributed by atoms with Gasteiger partial charge in [-0.05, 0) is 22.8 Å². The first kappa shape index (κ1) is 15.7. The van der Waals surface area contributed by atoms with E-state index >= 15 is 0 Å². The number of hydrogen-bond donors (Lipinski definition) is 1.